The maximum atomic E-state index is 6.38. The molecule has 1 aromatic heterocycles. The van der Waals surface area contributed by atoms with Crippen molar-refractivity contribution in [1.82, 2.24) is 4.98 Å². The molecule has 1 unspecified atom stereocenters. The summed E-state index contributed by atoms with van der Waals surface area (Å²) < 4.78 is 0. The van der Waals surface area contributed by atoms with Crippen molar-refractivity contribution in [3.05, 3.63) is 70.9 Å². The molecule has 2 nitrogen and oxygen atoms in total. The smallest absolute Gasteiger partial charge is 0.0502 e. The van der Waals surface area contributed by atoms with E-state index in [4.69, 9.17) is 17.3 Å². The molecule has 0 saturated heterocycles. The highest BCUT2D eigenvalue weighted by Crippen LogP contribution is 2.36. The van der Waals surface area contributed by atoms with Crippen LogP contribution in [0.25, 0.3) is 10.9 Å². The molecule has 3 rings (SSSR count). The summed E-state index contributed by atoms with van der Waals surface area (Å²) in [6.07, 6.45) is 2.96. The maximum Gasteiger partial charge on any atom is 0.0502 e. The zero-order chi connectivity index (χ0) is 13.9. The van der Waals surface area contributed by atoms with Crippen molar-refractivity contribution in [3.63, 3.8) is 0 Å². The second-order valence-electron chi connectivity index (χ2n) is 4.95. The second kappa shape index (κ2) is 5.70. The van der Waals surface area contributed by atoms with Crippen molar-refractivity contribution in [2.45, 2.75) is 12.3 Å². The molecule has 0 fully saturated rings. The Labute approximate surface area is 123 Å². The number of hydrogen-bond acceptors (Lipinski definition) is 1. The Kier molecular flexibility index (Phi) is 3.77. The van der Waals surface area contributed by atoms with Crippen molar-refractivity contribution in [2.75, 3.05) is 6.54 Å². The van der Waals surface area contributed by atoms with Gasteiger partial charge in [-0.15, -0.1) is 0 Å². The highest BCUT2D eigenvalue weighted by atomic mass is 35.5. The number of nitrogens with two attached hydrogens (primary N) is 1. The number of halogens is 1. The maximum absolute atomic E-state index is 6.38. The van der Waals surface area contributed by atoms with Crippen molar-refractivity contribution in [3.8, 4) is 0 Å². The van der Waals surface area contributed by atoms with Gasteiger partial charge in [0.05, 0.1) is 5.02 Å². The monoisotopic (exact) mass is 284 g/mol. The molecule has 0 saturated carbocycles. The van der Waals surface area contributed by atoms with E-state index in [1.165, 1.54) is 11.1 Å². The minimum absolute atomic E-state index is 0.273. The van der Waals surface area contributed by atoms with Gasteiger partial charge < -0.3 is 10.7 Å². The van der Waals surface area contributed by atoms with Gasteiger partial charge in [-0.25, -0.2) is 0 Å². The molecule has 102 valence electrons. The molecule has 20 heavy (non-hydrogen) atoms. The molecule has 0 amide bonds. The van der Waals surface area contributed by atoms with E-state index in [1.807, 2.05) is 18.2 Å². The van der Waals surface area contributed by atoms with Gasteiger partial charge in [0.1, 0.15) is 0 Å². The first-order valence-electron chi connectivity index (χ1n) is 6.81. The lowest BCUT2D eigenvalue weighted by molar-refractivity contribution is 0.731. The fourth-order valence-corrected chi connectivity index (χ4v) is 3.08. The summed E-state index contributed by atoms with van der Waals surface area (Å²) in [6, 6.07) is 16.4. The molecule has 0 bridgehead atoms. The lowest BCUT2D eigenvalue weighted by atomic mass is 9.88. The highest BCUT2D eigenvalue weighted by molar-refractivity contribution is 6.35. The number of nitrogens with one attached hydrogen (secondary N) is 1. The van der Waals surface area contributed by atoms with Gasteiger partial charge in [0.25, 0.3) is 0 Å². The Bertz CT molecular complexity index is 703. The number of H-pyrrole nitrogens is 1. The van der Waals surface area contributed by atoms with Crippen LogP contribution in [0.4, 0.5) is 0 Å². The third kappa shape index (κ3) is 2.33. The van der Waals surface area contributed by atoms with Gasteiger partial charge in [-0.1, -0.05) is 48.0 Å². The quantitative estimate of drug-likeness (QED) is 0.737. The van der Waals surface area contributed by atoms with E-state index in [2.05, 4.69) is 41.5 Å². The van der Waals surface area contributed by atoms with Crippen LogP contribution in [-0.4, -0.2) is 11.5 Å². The van der Waals surface area contributed by atoms with E-state index in [1.54, 1.807) is 0 Å². The molecule has 1 heterocycles. The molecule has 3 heteroatoms. The molecule has 0 aliphatic rings. The molecule has 0 aliphatic carbocycles. The highest BCUT2D eigenvalue weighted by Gasteiger charge is 2.18. The summed E-state index contributed by atoms with van der Waals surface area (Å²) in [7, 11) is 0. The Morgan fingerprint density at radius 2 is 1.85 bits per heavy atom. The summed E-state index contributed by atoms with van der Waals surface area (Å²) in [5.41, 5.74) is 9.39. The average molecular weight is 285 g/mol. The Balaban J connectivity index is 2.15. The molecule has 0 aliphatic heterocycles. The van der Waals surface area contributed by atoms with E-state index in [9.17, 15) is 0 Å². The second-order valence-corrected chi connectivity index (χ2v) is 5.35. The fraction of sp³-hybridized carbons (Fsp3) is 0.176. The van der Waals surface area contributed by atoms with Gasteiger partial charge in [-0.2, -0.15) is 0 Å². The first kappa shape index (κ1) is 13.2. The minimum Gasteiger partial charge on any atom is -0.361 e. The lowest BCUT2D eigenvalue weighted by Crippen LogP contribution is -2.08. The van der Waals surface area contributed by atoms with Crippen LogP contribution in [0.3, 0.4) is 0 Å². The van der Waals surface area contributed by atoms with Gasteiger partial charge in [-0.3, -0.25) is 0 Å². The van der Waals surface area contributed by atoms with Crippen LogP contribution < -0.4 is 5.73 Å². The third-order valence-corrected chi connectivity index (χ3v) is 4.03. The van der Waals surface area contributed by atoms with Gasteiger partial charge in [0, 0.05) is 23.0 Å². The molecule has 0 spiro atoms. The van der Waals surface area contributed by atoms with Gasteiger partial charge in [0.2, 0.25) is 0 Å². The number of benzene rings is 2. The van der Waals surface area contributed by atoms with E-state index < -0.39 is 0 Å². The van der Waals surface area contributed by atoms with Gasteiger partial charge in [0.15, 0.2) is 0 Å². The largest absolute Gasteiger partial charge is 0.361 e. The van der Waals surface area contributed by atoms with Crippen LogP contribution in [0.5, 0.6) is 0 Å². The van der Waals surface area contributed by atoms with Crippen molar-refractivity contribution < 1.29 is 0 Å². The number of aromatic amines is 1. The summed E-state index contributed by atoms with van der Waals surface area (Å²) in [6.45, 7) is 0.649. The van der Waals surface area contributed by atoms with E-state index >= 15 is 0 Å². The molecule has 1 atom stereocenters. The molecule has 3 aromatic rings. The molecule has 3 N–H and O–H groups in total. The SMILES string of the molecule is NCCC(c1ccccc1)c1c[nH]c2cccc(Cl)c12. The van der Waals surface area contributed by atoms with Crippen LogP contribution in [0.1, 0.15) is 23.5 Å². The fourth-order valence-electron chi connectivity index (χ4n) is 2.79. The molecule has 2 aromatic carbocycles. The predicted octanol–water partition coefficient (Wildman–Crippen LogP) is 4.30. The summed E-state index contributed by atoms with van der Waals surface area (Å²) in [5, 5.41) is 1.90. The minimum atomic E-state index is 0.273. The van der Waals surface area contributed by atoms with Crippen LogP contribution in [0.15, 0.2) is 54.7 Å². The first-order chi connectivity index (χ1) is 9.81. The summed E-state index contributed by atoms with van der Waals surface area (Å²) in [4.78, 5) is 3.31. The predicted molar refractivity (Wildman–Crippen MR) is 85.3 cm³/mol. The van der Waals surface area contributed by atoms with Crippen molar-refractivity contribution in [1.29, 1.82) is 0 Å². The van der Waals surface area contributed by atoms with E-state index in [0.717, 1.165) is 22.3 Å². The number of aromatic nitrogens is 1. The van der Waals surface area contributed by atoms with Crippen LogP contribution in [0, 0.1) is 0 Å². The van der Waals surface area contributed by atoms with Gasteiger partial charge >= 0.3 is 0 Å². The summed E-state index contributed by atoms with van der Waals surface area (Å²) >= 11 is 6.38. The molecular weight excluding hydrogens is 268 g/mol. The number of fused-ring (bicyclic) bond motifs is 1. The average Bonchev–Trinajstić information content (AvgIpc) is 2.91. The van der Waals surface area contributed by atoms with E-state index in [0.29, 0.717) is 6.54 Å². The van der Waals surface area contributed by atoms with E-state index in [-0.39, 0.29) is 5.92 Å². The lowest BCUT2D eigenvalue weighted by Gasteiger charge is -2.16. The summed E-state index contributed by atoms with van der Waals surface area (Å²) in [5.74, 6) is 0.273. The van der Waals surface area contributed by atoms with Gasteiger partial charge in [-0.05, 0) is 36.2 Å². The zero-order valence-electron chi connectivity index (χ0n) is 11.1. The zero-order valence-corrected chi connectivity index (χ0v) is 11.9. The number of hydrogen-bond donors (Lipinski definition) is 2. The standard InChI is InChI=1S/C17H17ClN2/c18-15-7-4-8-16-17(15)14(11-20-16)13(9-10-19)12-5-2-1-3-6-12/h1-8,11,13,20H,9-10,19H2. The Hall–Kier alpha value is -1.77. The van der Waals surface area contributed by atoms with Crippen LogP contribution in [0.2, 0.25) is 5.02 Å². The molecule has 0 radical (unpaired) electrons. The van der Waals surface area contributed by atoms with Crippen LogP contribution >= 0.6 is 11.6 Å². The normalized spacial score (nSPS) is 12.7. The van der Waals surface area contributed by atoms with Crippen LogP contribution in [-0.2, 0) is 0 Å². The Morgan fingerprint density at radius 3 is 2.60 bits per heavy atom. The Morgan fingerprint density at radius 1 is 1.05 bits per heavy atom. The van der Waals surface area contributed by atoms with Crippen molar-refractivity contribution in [2.24, 2.45) is 5.73 Å². The first-order valence-corrected chi connectivity index (χ1v) is 7.19. The topological polar surface area (TPSA) is 41.8 Å². The third-order valence-electron chi connectivity index (χ3n) is 3.72. The number of rotatable bonds is 4. The molecular formula is C17H17ClN2. The van der Waals surface area contributed by atoms with Crippen molar-refractivity contribution >= 4 is 22.5 Å².